The molecule has 82 valence electrons. The molecule has 0 spiro atoms. The van der Waals surface area contributed by atoms with Crippen LogP contribution < -0.4 is 4.31 Å². The molecule has 0 N–H and O–H groups in total. The van der Waals surface area contributed by atoms with E-state index in [9.17, 15) is 12.8 Å². The highest BCUT2D eigenvalue weighted by molar-refractivity contribution is 7.92. The van der Waals surface area contributed by atoms with Crippen LogP contribution in [0.4, 0.5) is 10.1 Å². The number of anilines is 1. The second-order valence-electron chi connectivity index (χ2n) is 3.82. The fourth-order valence-electron chi connectivity index (χ4n) is 2.02. The molecule has 0 atom stereocenters. The maximum atomic E-state index is 13.1. The van der Waals surface area contributed by atoms with E-state index in [-0.39, 0.29) is 5.82 Å². The number of benzene rings is 1. The molecule has 1 heterocycles. The van der Waals surface area contributed by atoms with Gasteiger partial charge >= 0.3 is 0 Å². The zero-order chi connectivity index (χ0) is 11.2. The molecule has 0 saturated heterocycles. The molecule has 1 aromatic rings. The summed E-state index contributed by atoms with van der Waals surface area (Å²) >= 11 is 0. The lowest BCUT2D eigenvalue weighted by atomic mass is 10.1. The molecule has 15 heavy (non-hydrogen) atoms. The monoisotopic (exact) mass is 229 g/mol. The van der Waals surface area contributed by atoms with Gasteiger partial charge in [-0.3, -0.25) is 4.31 Å². The Morgan fingerprint density at radius 3 is 2.67 bits per heavy atom. The highest BCUT2D eigenvalue weighted by Gasteiger charge is 2.28. The van der Waals surface area contributed by atoms with Gasteiger partial charge in [0.2, 0.25) is 10.0 Å². The predicted molar refractivity (Wildman–Crippen MR) is 57.0 cm³/mol. The number of hydrogen-bond donors (Lipinski definition) is 0. The average molecular weight is 229 g/mol. The number of sulfonamides is 1. The van der Waals surface area contributed by atoms with Gasteiger partial charge in [-0.25, -0.2) is 12.8 Å². The van der Waals surface area contributed by atoms with Crippen molar-refractivity contribution in [1.82, 2.24) is 0 Å². The molecule has 0 saturated carbocycles. The van der Waals surface area contributed by atoms with Crippen LogP contribution in [0.1, 0.15) is 11.1 Å². The van der Waals surface area contributed by atoms with Crippen LogP contribution in [0, 0.1) is 12.7 Å². The van der Waals surface area contributed by atoms with Crippen molar-refractivity contribution < 1.29 is 12.8 Å². The van der Waals surface area contributed by atoms with Crippen molar-refractivity contribution in [2.24, 2.45) is 0 Å². The number of halogens is 1. The molecule has 0 aromatic heterocycles. The Bertz CT molecular complexity index is 510. The Morgan fingerprint density at radius 2 is 2.07 bits per heavy atom. The van der Waals surface area contributed by atoms with E-state index in [0.29, 0.717) is 24.2 Å². The van der Waals surface area contributed by atoms with Crippen molar-refractivity contribution in [3.63, 3.8) is 0 Å². The van der Waals surface area contributed by atoms with Gasteiger partial charge in [0.25, 0.3) is 0 Å². The fourth-order valence-corrected chi connectivity index (χ4v) is 3.03. The van der Waals surface area contributed by atoms with Crippen LogP contribution in [0.3, 0.4) is 0 Å². The van der Waals surface area contributed by atoms with Gasteiger partial charge < -0.3 is 0 Å². The zero-order valence-electron chi connectivity index (χ0n) is 8.62. The molecular formula is C10H12FNO2S. The summed E-state index contributed by atoms with van der Waals surface area (Å²) in [7, 11) is -3.24. The van der Waals surface area contributed by atoms with E-state index in [4.69, 9.17) is 0 Å². The molecule has 0 unspecified atom stereocenters. The Balaban J connectivity index is 2.61. The maximum absolute atomic E-state index is 13.1. The van der Waals surface area contributed by atoms with Crippen molar-refractivity contribution >= 4 is 15.7 Å². The first kappa shape index (κ1) is 10.4. The van der Waals surface area contributed by atoms with Gasteiger partial charge in [-0.05, 0) is 36.6 Å². The third-order valence-corrected chi connectivity index (χ3v) is 3.74. The Morgan fingerprint density at radius 1 is 1.40 bits per heavy atom. The lowest BCUT2D eigenvalue weighted by Crippen LogP contribution is -2.28. The molecule has 1 aliphatic rings. The van der Waals surface area contributed by atoms with Gasteiger partial charge in [-0.1, -0.05) is 0 Å². The van der Waals surface area contributed by atoms with E-state index < -0.39 is 10.0 Å². The largest absolute Gasteiger partial charge is 0.270 e. The van der Waals surface area contributed by atoms with Gasteiger partial charge in [0.05, 0.1) is 11.9 Å². The molecule has 0 aliphatic carbocycles. The van der Waals surface area contributed by atoms with Crippen LogP contribution in [-0.4, -0.2) is 21.2 Å². The van der Waals surface area contributed by atoms with Crippen LogP contribution in [0.5, 0.6) is 0 Å². The van der Waals surface area contributed by atoms with Crippen LogP contribution in [-0.2, 0) is 16.4 Å². The lowest BCUT2D eigenvalue weighted by molar-refractivity contribution is 0.598. The Labute approximate surface area is 88.6 Å². The number of aryl methyl sites for hydroxylation is 1. The van der Waals surface area contributed by atoms with Gasteiger partial charge in [0.1, 0.15) is 5.82 Å². The fraction of sp³-hybridized carbons (Fsp3) is 0.400. The van der Waals surface area contributed by atoms with E-state index in [1.54, 1.807) is 6.92 Å². The first-order valence-electron chi connectivity index (χ1n) is 4.66. The van der Waals surface area contributed by atoms with Crippen molar-refractivity contribution in [3.8, 4) is 0 Å². The molecule has 5 heteroatoms. The normalized spacial score (nSPS) is 15.5. The van der Waals surface area contributed by atoms with E-state index in [1.165, 1.54) is 22.7 Å². The summed E-state index contributed by atoms with van der Waals surface area (Å²) in [6, 6.07) is 2.77. The second kappa shape index (κ2) is 3.20. The van der Waals surface area contributed by atoms with Gasteiger partial charge in [-0.15, -0.1) is 0 Å². The minimum Gasteiger partial charge on any atom is -0.270 e. The highest BCUT2D eigenvalue weighted by atomic mass is 32.2. The van der Waals surface area contributed by atoms with Gasteiger partial charge in [-0.2, -0.15) is 0 Å². The summed E-state index contributed by atoms with van der Waals surface area (Å²) < 4.78 is 37.4. The third kappa shape index (κ3) is 1.71. The summed E-state index contributed by atoms with van der Waals surface area (Å²) in [4.78, 5) is 0. The van der Waals surface area contributed by atoms with E-state index >= 15 is 0 Å². The van der Waals surface area contributed by atoms with Crippen LogP contribution in [0.2, 0.25) is 0 Å². The summed E-state index contributed by atoms with van der Waals surface area (Å²) in [5.74, 6) is -0.304. The van der Waals surface area contributed by atoms with E-state index in [2.05, 4.69) is 0 Å². The molecule has 0 bridgehead atoms. The topological polar surface area (TPSA) is 37.4 Å². The summed E-state index contributed by atoms with van der Waals surface area (Å²) in [6.45, 7) is 2.14. The first-order chi connectivity index (χ1) is 6.89. The summed E-state index contributed by atoms with van der Waals surface area (Å²) in [5.41, 5.74) is 2.10. The average Bonchev–Trinajstić information content (AvgIpc) is 2.45. The van der Waals surface area contributed by atoms with Gasteiger partial charge in [0, 0.05) is 6.54 Å². The molecule has 1 aliphatic heterocycles. The summed E-state index contributed by atoms with van der Waals surface area (Å²) in [6.07, 6.45) is 1.76. The molecule has 3 nitrogen and oxygen atoms in total. The molecule has 0 amide bonds. The first-order valence-corrected chi connectivity index (χ1v) is 6.51. The molecule has 0 radical (unpaired) electrons. The standard InChI is InChI=1S/C10H12FNO2S/c1-7-5-9(11)6-8-3-4-12(10(7)8)15(2,13)14/h5-6H,3-4H2,1-2H3. The lowest BCUT2D eigenvalue weighted by Gasteiger charge is -2.18. The Hall–Kier alpha value is -1.10. The van der Waals surface area contributed by atoms with Crippen molar-refractivity contribution in [2.75, 3.05) is 17.1 Å². The maximum Gasteiger partial charge on any atom is 0.232 e. The van der Waals surface area contributed by atoms with Crippen LogP contribution >= 0.6 is 0 Å². The molecule has 2 rings (SSSR count). The SMILES string of the molecule is Cc1cc(F)cc2c1N(S(C)(=O)=O)CC2. The molecular weight excluding hydrogens is 217 g/mol. The van der Waals surface area contributed by atoms with E-state index in [0.717, 1.165) is 5.56 Å². The number of hydrogen-bond acceptors (Lipinski definition) is 2. The van der Waals surface area contributed by atoms with Crippen LogP contribution in [0.25, 0.3) is 0 Å². The predicted octanol–water partition coefficient (Wildman–Crippen LogP) is 1.46. The number of fused-ring (bicyclic) bond motifs is 1. The van der Waals surface area contributed by atoms with Crippen LogP contribution in [0.15, 0.2) is 12.1 Å². The molecule has 1 aromatic carbocycles. The highest BCUT2D eigenvalue weighted by Crippen LogP contribution is 2.33. The van der Waals surface area contributed by atoms with E-state index in [1.807, 2.05) is 0 Å². The number of nitrogens with zero attached hydrogens (tertiary/aromatic N) is 1. The van der Waals surface area contributed by atoms with Crippen molar-refractivity contribution in [1.29, 1.82) is 0 Å². The zero-order valence-corrected chi connectivity index (χ0v) is 9.44. The minimum absolute atomic E-state index is 0.304. The Kier molecular flexibility index (Phi) is 2.22. The van der Waals surface area contributed by atoms with Crippen molar-refractivity contribution in [2.45, 2.75) is 13.3 Å². The summed E-state index contributed by atoms with van der Waals surface area (Å²) in [5, 5.41) is 0. The third-order valence-electron chi connectivity index (χ3n) is 2.58. The number of rotatable bonds is 1. The van der Waals surface area contributed by atoms with Gasteiger partial charge in [0.15, 0.2) is 0 Å². The second-order valence-corrected chi connectivity index (χ2v) is 5.72. The minimum atomic E-state index is -3.24. The van der Waals surface area contributed by atoms with Crippen molar-refractivity contribution in [3.05, 3.63) is 29.1 Å². The quantitative estimate of drug-likeness (QED) is 0.731. The molecule has 0 fully saturated rings. The smallest absolute Gasteiger partial charge is 0.232 e.